The second-order valence-electron chi connectivity index (χ2n) is 6.45. The molecule has 1 N–H and O–H groups in total. The van der Waals surface area contributed by atoms with Crippen LogP contribution in [0.3, 0.4) is 0 Å². The van der Waals surface area contributed by atoms with Crippen LogP contribution in [0.1, 0.15) is 24.2 Å². The number of aromatic nitrogens is 2. The van der Waals surface area contributed by atoms with E-state index in [0.717, 1.165) is 17.9 Å². The Labute approximate surface area is 130 Å². The molecular formula is C13H22N4O4S. The summed E-state index contributed by atoms with van der Waals surface area (Å²) in [6.45, 7) is 4.64. The maximum Gasteiger partial charge on any atom is 0.211 e. The summed E-state index contributed by atoms with van der Waals surface area (Å²) >= 11 is 0. The van der Waals surface area contributed by atoms with E-state index in [1.807, 2.05) is 6.92 Å². The number of fused-ring (bicyclic) bond motifs is 1. The lowest BCUT2D eigenvalue weighted by atomic mass is 9.76. The van der Waals surface area contributed by atoms with Crippen LogP contribution in [0, 0.1) is 12.8 Å². The minimum atomic E-state index is -3.21. The first-order valence-corrected chi connectivity index (χ1v) is 9.31. The van der Waals surface area contributed by atoms with Crippen molar-refractivity contribution in [2.45, 2.75) is 31.9 Å². The zero-order chi connectivity index (χ0) is 16.0. The van der Waals surface area contributed by atoms with Crippen molar-refractivity contribution in [2.75, 3.05) is 32.4 Å². The fourth-order valence-electron chi connectivity index (χ4n) is 3.39. The molecular weight excluding hydrogens is 308 g/mol. The van der Waals surface area contributed by atoms with Gasteiger partial charge in [0.05, 0.1) is 11.9 Å². The second kappa shape index (κ2) is 5.55. The number of sulfonamides is 1. The van der Waals surface area contributed by atoms with Crippen LogP contribution in [0.4, 0.5) is 0 Å². The molecule has 9 heteroatoms. The molecule has 0 spiro atoms. The van der Waals surface area contributed by atoms with Crippen molar-refractivity contribution in [1.82, 2.24) is 19.5 Å². The summed E-state index contributed by atoms with van der Waals surface area (Å²) in [7, 11) is -3.21. The minimum absolute atomic E-state index is 0.0788. The molecule has 0 bridgehead atoms. The molecule has 2 fully saturated rings. The SMILES string of the molecule is Cc1nonc1CN1CCC2(O)CCN(S(C)(=O)=O)CC2C1. The molecule has 0 amide bonds. The van der Waals surface area contributed by atoms with Gasteiger partial charge in [-0.25, -0.2) is 17.4 Å². The zero-order valence-corrected chi connectivity index (χ0v) is 13.7. The molecule has 3 heterocycles. The first-order valence-electron chi connectivity index (χ1n) is 7.46. The van der Waals surface area contributed by atoms with Gasteiger partial charge in [0.2, 0.25) is 10.0 Å². The van der Waals surface area contributed by atoms with Gasteiger partial charge < -0.3 is 5.11 Å². The molecule has 2 unspecified atom stereocenters. The Morgan fingerprint density at radius 1 is 1.32 bits per heavy atom. The quantitative estimate of drug-likeness (QED) is 0.804. The highest BCUT2D eigenvalue weighted by molar-refractivity contribution is 7.88. The molecule has 2 aliphatic rings. The molecule has 2 atom stereocenters. The third-order valence-electron chi connectivity index (χ3n) is 4.91. The molecule has 1 aromatic heterocycles. The van der Waals surface area contributed by atoms with Crippen LogP contribution < -0.4 is 0 Å². The standard InChI is InChI=1S/C13H22N4O4S/c1-10-12(15-21-14-10)9-16-5-3-13(18)4-6-17(22(2,19)20)8-11(13)7-16/h11,18H,3-9H2,1-2H3. The molecule has 2 aliphatic heterocycles. The maximum atomic E-state index is 11.7. The summed E-state index contributed by atoms with van der Waals surface area (Å²) in [5, 5.41) is 18.4. The van der Waals surface area contributed by atoms with Gasteiger partial charge in [0.15, 0.2) is 0 Å². The van der Waals surface area contributed by atoms with E-state index >= 15 is 0 Å². The lowest BCUT2D eigenvalue weighted by molar-refractivity contribution is -0.103. The van der Waals surface area contributed by atoms with Gasteiger partial charge in [-0.15, -0.1) is 0 Å². The van der Waals surface area contributed by atoms with Crippen LogP contribution in [-0.2, 0) is 16.6 Å². The molecule has 22 heavy (non-hydrogen) atoms. The van der Waals surface area contributed by atoms with Crippen molar-refractivity contribution < 1.29 is 18.2 Å². The van der Waals surface area contributed by atoms with Crippen LogP contribution in [0.15, 0.2) is 4.63 Å². The van der Waals surface area contributed by atoms with Crippen molar-refractivity contribution in [3.8, 4) is 0 Å². The van der Waals surface area contributed by atoms with Crippen molar-refractivity contribution in [2.24, 2.45) is 5.92 Å². The molecule has 0 saturated carbocycles. The molecule has 0 aliphatic carbocycles. The van der Waals surface area contributed by atoms with Gasteiger partial charge in [0.25, 0.3) is 0 Å². The van der Waals surface area contributed by atoms with Crippen molar-refractivity contribution in [3.63, 3.8) is 0 Å². The normalized spacial score (nSPS) is 31.1. The van der Waals surface area contributed by atoms with E-state index in [1.165, 1.54) is 10.6 Å². The van der Waals surface area contributed by atoms with Gasteiger partial charge in [0, 0.05) is 38.6 Å². The average molecular weight is 330 g/mol. The molecule has 2 saturated heterocycles. The number of nitrogens with zero attached hydrogens (tertiary/aromatic N) is 4. The predicted octanol–water partition coefficient (Wildman–Crippen LogP) is -0.404. The van der Waals surface area contributed by atoms with E-state index in [1.54, 1.807) is 0 Å². The van der Waals surface area contributed by atoms with Gasteiger partial charge in [-0.2, -0.15) is 0 Å². The number of aryl methyl sites for hydroxylation is 1. The first kappa shape index (κ1) is 15.9. The largest absolute Gasteiger partial charge is 0.389 e. The lowest BCUT2D eigenvalue weighted by Gasteiger charge is -2.49. The second-order valence-corrected chi connectivity index (χ2v) is 8.44. The number of piperidine rings is 2. The third kappa shape index (κ3) is 3.03. The van der Waals surface area contributed by atoms with Gasteiger partial charge in [0.1, 0.15) is 11.4 Å². The van der Waals surface area contributed by atoms with Crippen LogP contribution in [0.2, 0.25) is 0 Å². The molecule has 3 rings (SSSR count). The summed E-state index contributed by atoms with van der Waals surface area (Å²) in [5.74, 6) is -0.0788. The summed E-state index contributed by atoms with van der Waals surface area (Å²) < 4.78 is 29.7. The van der Waals surface area contributed by atoms with Crippen LogP contribution in [0.5, 0.6) is 0 Å². The molecule has 124 valence electrons. The maximum absolute atomic E-state index is 11.7. The Morgan fingerprint density at radius 3 is 2.68 bits per heavy atom. The highest BCUT2D eigenvalue weighted by atomic mass is 32.2. The molecule has 1 aromatic rings. The molecule has 0 radical (unpaired) electrons. The molecule has 0 aromatic carbocycles. The Morgan fingerprint density at radius 2 is 2.05 bits per heavy atom. The summed E-state index contributed by atoms with van der Waals surface area (Å²) in [6.07, 6.45) is 2.38. The summed E-state index contributed by atoms with van der Waals surface area (Å²) in [4.78, 5) is 2.18. The van der Waals surface area contributed by atoms with E-state index in [9.17, 15) is 13.5 Å². The van der Waals surface area contributed by atoms with Gasteiger partial charge in [-0.05, 0) is 19.8 Å². The summed E-state index contributed by atoms with van der Waals surface area (Å²) in [5.41, 5.74) is 0.804. The fourth-order valence-corrected chi connectivity index (χ4v) is 4.26. The Bertz CT molecular complexity index is 646. The Balaban J connectivity index is 1.70. The monoisotopic (exact) mass is 330 g/mol. The predicted molar refractivity (Wildman–Crippen MR) is 78.4 cm³/mol. The Kier molecular flexibility index (Phi) is 4.00. The van der Waals surface area contributed by atoms with Crippen molar-refractivity contribution in [3.05, 3.63) is 11.4 Å². The highest BCUT2D eigenvalue weighted by Crippen LogP contribution is 2.36. The van der Waals surface area contributed by atoms with Crippen molar-refractivity contribution in [1.29, 1.82) is 0 Å². The minimum Gasteiger partial charge on any atom is -0.389 e. The van der Waals surface area contributed by atoms with Gasteiger partial charge in [-0.1, -0.05) is 10.3 Å². The van der Waals surface area contributed by atoms with E-state index in [0.29, 0.717) is 39.0 Å². The van der Waals surface area contributed by atoms with E-state index in [-0.39, 0.29) is 5.92 Å². The topological polar surface area (TPSA) is 99.8 Å². The lowest BCUT2D eigenvalue weighted by Crippen LogP contribution is -2.60. The third-order valence-corrected chi connectivity index (χ3v) is 6.18. The number of hydrogen-bond donors (Lipinski definition) is 1. The fraction of sp³-hybridized carbons (Fsp3) is 0.846. The van der Waals surface area contributed by atoms with Gasteiger partial charge >= 0.3 is 0 Å². The number of aliphatic hydroxyl groups is 1. The van der Waals surface area contributed by atoms with E-state index in [4.69, 9.17) is 4.63 Å². The zero-order valence-electron chi connectivity index (χ0n) is 12.9. The van der Waals surface area contributed by atoms with E-state index in [2.05, 4.69) is 15.2 Å². The highest BCUT2D eigenvalue weighted by Gasteiger charge is 2.46. The van der Waals surface area contributed by atoms with Crippen LogP contribution >= 0.6 is 0 Å². The van der Waals surface area contributed by atoms with E-state index < -0.39 is 15.6 Å². The van der Waals surface area contributed by atoms with Crippen LogP contribution in [-0.4, -0.2) is 71.1 Å². The summed E-state index contributed by atoms with van der Waals surface area (Å²) in [6, 6.07) is 0. The number of likely N-dealkylation sites (tertiary alicyclic amines) is 1. The van der Waals surface area contributed by atoms with Crippen molar-refractivity contribution >= 4 is 10.0 Å². The number of hydrogen-bond acceptors (Lipinski definition) is 7. The van der Waals surface area contributed by atoms with Gasteiger partial charge in [-0.3, -0.25) is 4.90 Å². The number of rotatable bonds is 3. The first-order chi connectivity index (χ1) is 10.3. The molecule has 8 nitrogen and oxygen atoms in total. The Hall–Kier alpha value is -1.03. The average Bonchev–Trinajstić information content (AvgIpc) is 2.83. The smallest absolute Gasteiger partial charge is 0.211 e. The van der Waals surface area contributed by atoms with Crippen LogP contribution in [0.25, 0.3) is 0 Å².